The van der Waals surface area contributed by atoms with Crippen molar-refractivity contribution in [2.24, 2.45) is 0 Å². The molecule has 0 saturated carbocycles. The maximum Gasteiger partial charge on any atom is 0.241 e. The van der Waals surface area contributed by atoms with Crippen molar-refractivity contribution in [1.82, 2.24) is 30.0 Å². The topological polar surface area (TPSA) is 156 Å². The van der Waals surface area contributed by atoms with Gasteiger partial charge >= 0.3 is 0 Å². The molecule has 0 saturated heterocycles. The zero-order valence-electron chi connectivity index (χ0n) is 19.2. The number of hydrogen-bond donors (Lipinski definition) is 5. The van der Waals surface area contributed by atoms with Gasteiger partial charge in [-0.25, -0.2) is 9.97 Å². The molecule has 0 aliphatic carbocycles. The number of nitrogens with zero attached hydrogens (tertiary/aromatic N) is 5. The molecule has 6 rings (SSSR count). The molecule has 1 amide bonds. The molecule has 35 heavy (non-hydrogen) atoms. The van der Waals surface area contributed by atoms with Gasteiger partial charge in [0.05, 0.1) is 23.2 Å². The average Bonchev–Trinajstić information content (AvgIpc) is 3.11. The standard InChI is InChI=1S/C24H25N9O2/c1-12-15(9-29-23-18(34)3-5-27-22(12)23)17-6-13-7-19(28-10-16(13)24(25)30-17)31-20-8-14-2-4-26-21(35)11-33(14)32-20/h6-10,18,27,34H,2-5,11H2,1H3,(H2,25,30)(H,26,35)(H,28,31,32). The largest absolute Gasteiger partial charge is 0.387 e. The van der Waals surface area contributed by atoms with Crippen LogP contribution in [0.15, 0.2) is 30.6 Å². The molecular formula is C24H25N9O2. The lowest BCUT2D eigenvalue weighted by molar-refractivity contribution is -0.121. The van der Waals surface area contributed by atoms with E-state index in [1.165, 1.54) is 0 Å². The summed E-state index contributed by atoms with van der Waals surface area (Å²) < 4.78 is 1.71. The zero-order chi connectivity index (χ0) is 24.1. The first-order chi connectivity index (χ1) is 17.0. The predicted octanol–water partition coefficient (Wildman–Crippen LogP) is 2.04. The van der Waals surface area contributed by atoms with Gasteiger partial charge < -0.3 is 26.8 Å². The third kappa shape index (κ3) is 3.79. The van der Waals surface area contributed by atoms with Crippen LogP contribution in [0.5, 0.6) is 0 Å². The number of carbonyl (C=O) groups is 1. The van der Waals surface area contributed by atoms with Gasteiger partial charge in [-0.15, -0.1) is 0 Å². The summed E-state index contributed by atoms with van der Waals surface area (Å²) in [4.78, 5) is 25.4. The Labute approximate surface area is 200 Å². The zero-order valence-corrected chi connectivity index (χ0v) is 19.2. The van der Waals surface area contributed by atoms with Crippen molar-refractivity contribution in [2.45, 2.75) is 32.4 Å². The van der Waals surface area contributed by atoms with Crippen molar-refractivity contribution in [1.29, 1.82) is 0 Å². The molecule has 2 aliphatic rings. The van der Waals surface area contributed by atoms with Crippen LogP contribution in [-0.4, -0.2) is 48.8 Å². The van der Waals surface area contributed by atoms with E-state index in [0.29, 0.717) is 48.4 Å². The number of nitrogens with two attached hydrogens (primary N) is 1. The lowest BCUT2D eigenvalue weighted by Gasteiger charge is -2.24. The number of pyridine rings is 3. The summed E-state index contributed by atoms with van der Waals surface area (Å²) >= 11 is 0. The molecule has 4 aromatic heterocycles. The second-order valence-electron chi connectivity index (χ2n) is 8.88. The Balaban J connectivity index is 1.35. The van der Waals surface area contributed by atoms with E-state index in [4.69, 9.17) is 5.73 Å². The molecule has 2 aliphatic heterocycles. The molecule has 178 valence electrons. The van der Waals surface area contributed by atoms with Crippen LogP contribution in [0, 0.1) is 6.92 Å². The number of anilines is 4. The van der Waals surface area contributed by atoms with E-state index in [-0.39, 0.29) is 12.5 Å². The van der Waals surface area contributed by atoms with Crippen LogP contribution in [0.25, 0.3) is 22.0 Å². The van der Waals surface area contributed by atoms with E-state index in [2.05, 4.69) is 36.0 Å². The van der Waals surface area contributed by atoms with E-state index in [0.717, 1.165) is 39.7 Å². The molecule has 6 N–H and O–H groups in total. The highest BCUT2D eigenvalue weighted by molar-refractivity contribution is 5.95. The highest BCUT2D eigenvalue weighted by atomic mass is 16.3. The molecule has 1 atom stereocenters. The number of aliphatic hydroxyl groups excluding tert-OH is 1. The van der Waals surface area contributed by atoms with E-state index < -0.39 is 6.10 Å². The Morgan fingerprint density at radius 1 is 1.14 bits per heavy atom. The van der Waals surface area contributed by atoms with Crippen molar-refractivity contribution in [3.05, 3.63) is 47.5 Å². The van der Waals surface area contributed by atoms with Crippen LogP contribution in [0.4, 0.5) is 23.1 Å². The molecule has 1 unspecified atom stereocenters. The Kier molecular flexibility index (Phi) is 4.99. The summed E-state index contributed by atoms with van der Waals surface area (Å²) in [5.41, 5.74) is 11.3. The van der Waals surface area contributed by atoms with Crippen LogP contribution in [0.3, 0.4) is 0 Å². The van der Waals surface area contributed by atoms with Crippen LogP contribution in [-0.2, 0) is 17.8 Å². The van der Waals surface area contributed by atoms with Gasteiger partial charge in [-0.05, 0) is 36.4 Å². The second-order valence-corrected chi connectivity index (χ2v) is 8.88. The van der Waals surface area contributed by atoms with Crippen molar-refractivity contribution >= 4 is 39.8 Å². The van der Waals surface area contributed by atoms with Crippen LogP contribution < -0.4 is 21.7 Å². The smallest absolute Gasteiger partial charge is 0.241 e. The Bertz CT molecular complexity index is 1480. The predicted molar refractivity (Wildman–Crippen MR) is 132 cm³/mol. The number of aliphatic hydroxyl groups is 1. The normalized spacial score (nSPS) is 17.2. The molecule has 6 heterocycles. The Morgan fingerprint density at radius 3 is 2.91 bits per heavy atom. The van der Waals surface area contributed by atoms with Crippen molar-refractivity contribution in [3.63, 3.8) is 0 Å². The quantitative estimate of drug-likeness (QED) is 0.302. The summed E-state index contributed by atoms with van der Waals surface area (Å²) in [7, 11) is 0. The van der Waals surface area contributed by atoms with Crippen molar-refractivity contribution in [2.75, 3.05) is 29.5 Å². The first kappa shape index (κ1) is 21.3. The molecule has 11 heteroatoms. The number of nitrogens with one attached hydrogen (secondary N) is 3. The first-order valence-corrected chi connectivity index (χ1v) is 11.5. The number of amides is 1. The number of hydrogen-bond acceptors (Lipinski definition) is 9. The number of rotatable bonds is 3. The minimum absolute atomic E-state index is 0.0468. The van der Waals surface area contributed by atoms with Crippen LogP contribution in [0.2, 0.25) is 0 Å². The third-order valence-electron chi connectivity index (χ3n) is 6.54. The molecule has 0 fully saturated rings. The van der Waals surface area contributed by atoms with Gasteiger partial charge in [0.1, 0.15) is 18.2 Å². The summed E-state index contributed by atoms with van der Waals surface area (Å²) in [6.07, 6.45) is 4.22. The van der Waals surface area contributed by atoms with Gasteiger partial charge in [-0.1, -0.05) is 0 Å². The highest BCUT2D eigenvalue weighted by Gasteiger charge is 2.23. The fourth-order valence-electron chi connectivity index (χ4n) is 4.71. The summed E-state index contributed by atoms with van der Waals surface area (Å²) in [6.45, 7) is 3.48. The Hall–Kier alpha value is -4.25. The van der Waals surface area contributed by atoms with Crippen LogP contribution >= 0.6 is 0 Å². The fourth-order valence-corrected chi connectivity index (χ4v) is 4.71. The van der Waals surface area contributed by atoms with E-state index in [9.17, 15) is 9.90 Å². The summed E-state index contributed by atoms with van der Waals surface area (Å²) in [5.74, 6) is 1.57. The van der Waals surface area contributed by atoms with Gasteiger partial charge in [0.25, 0.3) is 0 Å². The number of aromatic nitrogens is 5. The van der Waals surface area contributed by atoms with Gasteiger partial charge in [-0.2, -0.15) is 5.10 Å². The molecule has 0 spiro atoms. The van der Waals surface area contributed by atoms with Gasteiger partial charge in [0, 0.05) is 54.6 Å². The maximum atomic E-state index is 11.8. The maximum absolute atomic E-state index is 11.8. The van der Waals surface area contributed by atoms with E-state index in [1.54, 1.807) is 17.1 Å². The van der Waals surface area contributed by atoms with Gasteiger partial charge in [0.15, 0.2) is 5.82 Å². The molecule has 4 aromatic rings. The SMILES string of the molecule is Cc1c(-c2cc3cc(Nc4cc5n(n4)CC(=O)NCC5)ncc3c(N)n2)cnc2c1NCCC2O. The van der Waals surface area contributed by atoms with Crippen molar-refractivity contribution < 1.29 is 9.90 Å². The summed E-state index contributed by atoms with van der Waals surface area (Å²) in [5, 5.41) is 25.8. The lowest BCUT2D eigenvalue weighted by atomic mass is 9.98. The van der Waals surface area contributed by atoms with E-state index >= 15 is 0 Å². The molecular weight excluding hydrogens is 446 g/mol. The molecule has 0 bridgehead atoms. The number of nitrogen functional groups attached to an aromatic ring is 1. The van der Waals surface area contributed by atoms with Crippen LogP contribution in [0.1, 0.15) is 29.5 Å². The Morgan fingerprint density at radius 2 is 2.03 bits per heavy atom. The third-order valence-corrected chi connectivity index (χ3v) is 6.54. The van der Waals surface area contributed by atoms with Gasteiger partial charge in [0.2, 0.25) is 5.91 Å². The van der Waals surface area contributed by atoms with Gasteiger partial charge in [-0.3, -0.25) is 14.5 Å². The molecule has 0 radical (unpaired) electrons. The minimum Gasteiger partial charge on any atom is -0.387 e. The fraction of sp³-hybridized carbons (Fsp3) is 0.292. The van der Waals surface area contributed by atoms with Crippen molar-refractivity contribution in [3.8, 4) is 11.3 Å². The first-order valence-electron chi connectivity index (χ1n) is 11.5. The lowest BCUT2D eigenvalue weighted by Crippen LogP contribution is -2.25. The monoisotopic (exact) mass is 471 g/mol. The molecule has 0 aromatic carbocycles. The molecule has 11 nitrogen and oxygen atoms in total. The second kappa shape index (κ2) is 8.20. The average molecular weight is 472 g/mol. The summed E-state index contributed by atoms with van der Waals surface area (Å²) in [6, 6.07) is 5.79. The number of fused-ring (bicyclic) bond motifs is 3. The number of carbonyl (C=O) groups excluding carboxylic acids is 1. The minimum atomic E-state index is -0.569. The van der Waals surface area contributed by atoms with E-state index in [1.807, 2.05) is 25.1 Å². The highest BCUT2D eigenvalue weighted by Crippen LogP contribution is 2.36.